The summed E-state index contributed by atoms with van der Waals surface area (Å²) in [5, 5.41) is 0. The fraction of sp³-hybridized carbons (Fsp3) is 0.533. The first kappa shape index (κ1) is 16.2. The number of alkyl halides is 1. The average Bonchev–Trinajstić information content (AvgIpc) is 2.78. The van der Waals surface area contributed by atoms with Crippen molar-refractivity contribution in [2.75, 3.05) is 20.6 Å². The molecule has 1 aromatic carbocycles. The van der Waals surface area contributed by atoms with Crippen LogP contribution in [0, 0.1) is 17.6 Å². The second-order valence-corrected chi connectivity index (χ2v) is 6.10. The summed E-state index contributed by atoms with van der Waals surface area (Å²) in [6.07, 6.45) is 0. The lowest BCUT2D eigenvalue weighted by Gasteiger charge is -2.28. The molecule has 0 saturated heterocycles. The molecule has 116 valence electrons. The lowest BCUT2D eigenvalue weighted by Crippen LogP contribution is -2.29. The van der Waals surface area contributed by atoms with Crippen LogP contribution in [0.3, 0.4) is 0 Å². The van der Waals surface area contributed by atoms with Crippen LogP contribution in [0.25, 0.3) is 11.0 Å². The molecular weight excluding hydrogens is 296 g/mol. The third-order valence-corrected chi connectivity index (χ3v) is 3.83. The topological polar surface area (TPSA) is 21.1 Å². The van der Waals surface area contributed by atoms with Gasteiger partial charge < -0.3 is 9.47 Å². The molecule has 0 aliphatic rings. The highest BCUT2D eigenvalue weighted by molar-refractivity contribution is 6.16. The van der Waals surface area contributed by atoms with Crippen molar-refractivity contribution in [3.63, 3.8) is 0 Å². The minimum atomic E-state index is -0.864. The normalized spacial score (nSPS) is 13.6. The zero-order chi connectivity index (χ0) is 15.7. The zero-order valence-electron chi connectivity index (χ0n) is 12.7. The van der Waals surface area contributed by atoms with Crippen LogP contribution in [-0.2, 0) is 5.88 Å². The minimum absolute atomic E-state index is 0.0324. The zero-order valence-corrected chi connectivity index (χ0v) is 13.5. The Balaban J connectivity index is 2.71. The van der Waals surface area contributed by atoms with Gasteiger partial charge in [0.1, 0.15) is 11.3 Å². The smallest absolute Gasteiger partial charge is 0.184 e. The molecule has 0 spiro atoms. The Morgan fingerprint density at radius 2 is 1.95 bits per heavy atom. The second kappa shape index (κ2) is 6.28. The highest BCUT2D eigenvalue weighted by atomic mass is 35.5. The van der Waals surface area contributed by atoms with Crippen molar-refractivity contribution in [3.8, 4) is 0 Å². The quantitative estimate of drug-likeness (QED) is 0.782. The van der Waals surface area contributed by atoms with Crippen LogP contribution in [-0.4, -0.2) is 35.1 Å². The van der Waals surface area contributed by atoms with Gasteiger partial charge in [-0.2, -0.15) is 0 Å². The van der Waals surface area contributed by atoms with Crippen LogP contribution in [0.15, 0.2) is 12.1 Å². The molecule has 0 N–H and O–H groups in total. The fourth-order valence-corrected chi connectivity index (χ4v) is 2.78. The maximum absolute atomic E-state index is 14.3. The molecule has 1 aromatic heterocycles. The fourth-order valence-electron chi connectivity index (χ4n) is 2.59. The first-order valence-electron chi connectivity index (χ1n) is 6.92. The van der Waals surface area contributed by atoms with Gasteiger partial charge in [-0.05, 0) is 32.1 Å². The summed E-state index contributed by atoms with van der Waals surface area (Å²) in [4.78, 5) is 6.37. The first-order valence-corrected chi connectivity index (χ1v) is 7.45. The summed E-state index contributed by atoms with van der Waals surface area (Å²) in [5.41, 5.74) is 0.639. The summed E-state index contributed by atoms with van der Waals surface area (Å²) in [6, 6.07) is 2.56. The maximum atomic E-state index is 14.3. The molecule has 0 aliphatic heterocycles. The van der Waals surface area contributed by atoms with E-state index in [4.69, 9.17) is 11.6 Å². The van der Waals surface area contributed by atoms with E-state index in [0.29, 0.717) is 17.9 Å². The van der Waals surface area contributed by atoms with E-state index in [0.717, 1.165) is 6.07 Å². The van der Waals surface area contributed by atoms with Crippen molar-refractivity contribution in [3.05, 3.63) is 29.6 Å². The largest absolute Gasteiger partial charge is 0.320 e. The molecule has 2 rings (SSSR count). The number of nitrogens with zero attached hydrogens (tertiary/aromatic N) is 3. The highest BCUT2D eigenvalue weighted by Crippen LogP contribution is 2.30. The predicted molar refractivity (Wildman–Crippen MR) is 81.6 cm³/mol. The Morgan fingerprint density at radius 3 is 2.48 bits per heavy atom. The van der Waals surface area contributed by atoms with E-state index in [-0.39, 0.29) is 23.4 Å². The van der Waals surface area contributed by atoms with Gasteiger partial charge in [0.15, 0.2) is 11.6 Å². The van der Waals surface area contributed by atoms with Crippen LogP contribution in [0.4, 0.5) is 8.78 Å². The standard InChI is InChI=1S/C15H20ClF2N3/c1-9(2)12(8-20(3)4)21-13(7-16)19-11-6-5-10(17)14(18)15(11)21/h5-6,9,12H,7-8H2,1-4H3. The molecule has 1 atom stereocenters. The third kappa shape index (κ3) is 3.04. The lowest BCUT2D eigenvalue weighted by atomic mass is 10.0. The summed E-state index contributed by atoms with van der Waals surface area (Å²) in [7, 11) is 3.90. The minimum Gasteiger partial charge on any atom is -0.320 e. The summed E-state index contributed by atoms with van der Waals surface area (Å²) in [6.45, 7) is 4.80. The summed E-state index contributed by atoms with van der Waals surface area (Å²) >= 11 is 5.97. The number of benzene rings is 1. The lowest BCUT2D eigenvalue weighted by molar-refractivity contribution is 0.269. The van der Waals surface area contributed by atoms with Crippen LogP contribution in [0.5, 0.6) is 0 Å². The van der Waals surface area contributed by atoms with Crippen molar-refractivity contribution < 1.29 is 8.78 Å². The second-order valence-electron chi connectivity index (χ2n) is 5.83. The van der Waals surface area contributed by atoms with Gasteiger partial charge in [-0.3, -0.25) is 0 Å². The number of aromatic nitrogens is 2. The SMILES string of the molecule is CC(C)C(CN(C)C)n1c(CCl)nc2ccc(F)c(F)c21. The van der Waals surface area contributed by atoms with E-state index >= 15 is 0 Å². The molecular formula is C15H20ClF2N3. The Morgan fingerprint density at radius 1 is 1.29 bits per heavy atom. The average molecular weight is 316 g/mol. The number of hydrogen-bond acceptors (Lipinski definition) is 2. The highest BCUT2D eigenvalue weighted by Gasteiger charge is 2.25. The molecule has 1 unspecified atom stereocenters. The van der Waals surface area contributed by atoms with Crippen LogP contribution >= 0.6 is 11.6 Å². The number of likely N-dealkylation sites (N-methyl/N-ethyl adjacent to an activating group) is 1. The molecule has 0 bridgehead atoms. The van der Waals surface area contributed by atoms with Gasteiger partial charge in [0.05, 0.1) is 17.4 Å². The number of halogens is 3. The van der Waals surface area contributed by atoms with Gasteiger partial charge in [0, 0.05) is 6.54 Å². The maximum Gasteiger partial charge on any atom is 0.184 e. The van der Waals surface area contributed by atoms with Crippen molar-refractivity contribution in [1.82, 2.24) is 14.5 Å². The first-order chi connectivity index (χ1) is 9.86. The van der Waals surface area contributed by atoms with Gasteiger partial charge in [0.2, 0.25) is 0 Å². The number of fused-ring (bicyclic) bond motifs is 1. The van der Waals surface area contributed by atoms with Gasteiger partial charge in [-0.15, -0.1) is 11.6 Å². The molecule has 0 amide bonds. The molecule has 0 aliphatic carbocycles. The molecule has 2 aromatic rings. The van der Waals surface area contributed by atoms with E-state index in [2.05, 4.69) is 18.8 Å². The molecule has 21 heavy (non-hydrogen) atoms. The van der Waals surface area contributed by atoms with Crippen LogP contribution in [0.1, 0.15) is 25.7 Å². The molecule has 6 heteroatoms. The number of hydrogen-bond donors (Lipinski definition) is 0. The summed E-state index contributed by atoms with van der Waals surface area (Å²) < 4.78 is 29.6. The van der Waals surface area contributed by atoms with Crippen molar-refractivity contribution in [2.45, 2.75) is 25.8 Å². The predicted octanol–water partition coefficient (Wildman–Crippen LogP) is 3.81. The molecule has 0 fully saturated rings. The van der Waals surface area contributed by atoms with E-state index < -0.39 is 11.6 Å². The number of rotatable bonds is 5. The van der Waals surface area contributed by atoms with Crippen LogP contribution < -0.4 is 0 Å². The van der Waals surface area contributed by atoms with E-state index in [1.54, 1.807) is 4.57 Å². The summed E-state index contributed by atoms with van der Waals surface area (Å²) in [5.74, 6) is -0.768. The molecule has 0 radical (unpaired) electrons. The monoisotopic (exact) mass is 315 g/mol. The van der Waals surface area contributed by atoms with Crippen LogP contribution in [0.2, 0.25) is 0 Å². The molecule has 3 nitrogen and oxygen atoms in total. The van der Waals surface area contributed by atoms with E-state index in [1.807, 2.05) is 19.0 Å². The van der Waals surface area contributed by atoms with Gasteiger partial charge in [-0.1, -0.05) is 13.8 Å². The van der Waals surface area contributed by atoms with Crippen molar-refractivity contribution in [2.24, 2.45) is 5.92 Å². The van der Waals surface area contributed by atoms with Gasteiger partial charge in [-0.25, -0.2) is 13.8 Å². The van der Waals surface area contributed by atoms with Gasteiger partial charge in [0.25, 0.3) is 0 Å². The Hall–Kier alpha value is -1.20. The third-order valence-electron chi connectivity index (χ3n) is 3.59. The van der Waals surface area contributed by atoms with E-state index in [1.165, 1.54) is 6.07 Å². The molecule has 1 heterocycles. The van der Waals surface area contributed by atoms with Gasteiger partial charge >= 0.3 is 0 Å². The Kier molecular flexibility index (Phi) is 4.84. The van der Waals surface area contributed by atoms with Crippen molar-refractivity contribution in [1.29, 1.82) is 0 Å². The Labute approximate surface area is 128 Å². The Bertz CT molecular complexity index is 637. The van der Waals surface area contributed by atoms with Crippen molar-refractivity contribution >= 4 is 22.6 Å². The molecule has 0 saturated carbocycles. The van der Waals surface area contributed by atoms with E-state index in [9.17, 15) is 8.78 Å². The number of imidazole rings is 1.